The van der Waals surface area contributed by atoms with Crippen LogP contribution in [0.3, 0.4) is 0 Å². The number of hydrogen-bond acceptors (Lipinski definition) is 2. The molecule has 1 rings (SSSR count). The monoisotopic (exact) mass is 210 g/mol. The van der Waals surface area contributed by atoms with Crippen molar-refractivity contribution in [2.24, 2.45) is 5.41 Å². The summed E-state index contributed by atoms with van der Waals surface area (Å²) in [7, 11) is 0. The SMILES string of the molecule is CC(Oc1ccc(S)cc1)C(C)(C)C. The highest BCUT2D eigenvalue weighted by molar-refractivity contribution is 7.80. The van der Waals surface area contributed by atoms with Gasteiger partial charge in [-0.3, -0.25) is 0 Å². The number of ether oxygens (including phenoxy) is 1. The topological polar surface area (TPSA) is 9.23 Å². The minimum Gasteiger partial charge on any atom is -0.490 e. The summed E-state index contributed by atoms with van der Waals surface area (Å²) in [5.41, 5.74) is 0.166. The first-order valence-corrected chi connectivity index (χ1v) is 5.30. The van der Waals surface area contributed by atoms with E-state index in [1.807, 2.05) is 24.3 Å². The van der Waals surface area contributed by atoms with E-state index in [-0.39, 0.29) is 11.5 Å². The second-order valence-electron chi connectivity index (χ2n) is 4.62. The molecular weight excluding hydrogens is 192 g/mol. The fourth-order valence-corrected chi connectivity index (χ4v) is 1.05. The average Bonchev–Trinajstić information content (AvgIpc) is 2.07. The Labute approximate surface area is 91.9 Å². The molecule has 0 fully saturated rings. The van der Waals surface area contributed by atoms with Gasteiger partial charge in [-0.1, -0.05) is 20.8 Å². The average molecular weight is 210 g/mol. The third kappa shape index (κ3) is 3.26. The third-order valence-electron chi connectivity index (χ3n) is 2.37. The lowest BCUT2D eigenvalue weighted by Gasteiger charge is -2.27. The van der Waals surface area contributed by atoms with Crippen LogP contribution < -0.4 is 4.74 Å². The first kappa shape index (κ1) is 11.4. The Balaban J connectivity index is 2.65. The Kier molecular flexibility index (Phi) is 3.48. The lowest BCUT2D eigenvalue weighted by Crippen LogP contribution is -2.28. The van der Waals surface area contributed by atoms with E-state index >= 15 is 0 Å². The molecule has 1 aromatic rings. The Morgan fingerprint density at radius 3 is 2.07 bits per heavy atom. The van der Waals surface area contributed by atoms with E-state index in [9.17, 15) is 0 Å². The van der Waals surface area contributed by atoms with Crippen molar-refractivity contribution in [3.63, 3.8) is 0 Å². The molecule has 0 radical (unpaired) electrons. The van der Waals surface area contributed by atoms with Crippen molar-refractivity contribution in [3.05, 3.63) is 24.3 Å². The van der Waals surface area contributed by atoms with E-state index in [1.165, 1.54) is 0 Å². The maximum absolute atomic E-state index is 5.80. The standard InChI is InChI=1S/C12H18OS/c1-9(12(2,3)4)13-10-5-7-11(14)8-6-10/h5-9,14H,1-4H3. The molecule has 1 unspecified atom stereocenters. The van der Waals surface area contributed by atoms with Crippen LogP contribution in [0.5, 0.6) is 5.75 Å². The number of thiol groups is 1. The summed E-state index contributed by atoms with van der Waals surface area (Å²) in [5.74, 6) is 0.908. The fraction of sp³-hybridized carbons (Fsp3) is 0.500. The van der Waals surface area contributed by atoms with Gasteiger partial charge in [0.25, 0.3) is 0 Å². The Hall–Kier alpha value is -0.630. The molecule has 1 aromatic carbocycles. The van der Waals surface area contributed by atoms with E-state index in [0.29, 0.717) is 0 Å². The van der Waals surface area contributed by atoms with Crippen LogP contribution in [0.4, 0.5) is 0 Å². The maximum Gasteiger partial charge on any atom is 0.119 e. The molecular formula is C12H18OS. The van der Waals surface area contributed by atoms with E-state index in [2.05, 4.69) is 40.3 Å². The zero-order valence-corrected chi connectivity index (χ0v) is 10.1. The molecule has 1 nitrogen and oxygen atoms in total. The molecule has 78 valence electrons. The minimum atomic E-state index is 0.166. The highest BCUT2D eigenvalue weighted by atomic mass is 32.1. The van der Waals surface area contributed by atoms with Crippen LogP contribution in [-0.2, 0) is 0 Å². The first-order chi connectivity index (χ1) is 6.39. The van der Waals surface area contributed by atoms with Crippen LogP contribution >= 0.6 is 12.6 Å². The predicted molar refractivity (Wildman–Crippen MR) is 63.2 cm³/mol. The molecule has 0 bridgehead atoms. The lowest BCUT2D eigenvalue weighted by atomic mass is 9.90. The van der Waals surface area contributed by atoms with Gasteiger partial charge in [0.1, 0.15) is 11.9 Å². The maximum atomic E-state index is 5.80. The quantitative estimate of drug-likeness (QED) is 0.731. The Morgan fingerprint density at radius 1 is 1.14 bits per heavy atom. The molecule has 2 heteroatoms. The minimum absolute atomic E-state index is 0.166. The van der Waals surface area contributed by atoms with Crippen LogP contribution in [0.15, 0.2) is 29.2 Å². The second kappa shape index (κ2) is 4.26. The lowest BCUT2D eigenvalue weighted by molar-refractivity contribution is 0.103. The number of rotatable bonds is 2. The first-order valence-electron chi connectivity index (χ1n) is 4.85. The van der Waals surface area contributed by atoms with Gasteiger partial charge in [0.05, 0.1) is 0 Å². The summed E-state index contributed by atoms with van der Waals surface area (Å²) in [6, 6.07) is 7.77. The fourth-order valence-electron chi connectivity index (χ4n) is 0.906. The van der Waals surface area contributed by atoms with Crippen molar-refractivity contribution in [1.82, 2.24) is 0 Å². The van der Waals surface area contributed by atoms with Gasteiger partial charge in [0.2, 0.25) is 0 Å². The third-order valence-corrected chi connectivity index (χ3v) is 2.67. The number of hydrogen-bond donors (Lipinski definition) is 1. The van der Waals surface area contributed by atoms with Crippen molar-refractivity contribution < 1.29 is 4.74 Å². The van der Waals surface area contributed by atoms with E-state index in [4.69, 9.17) is 4.74 Å². The van der Waals surface area contributed by atoms with Gasteiger partial charge in [0.15, 0.2) is 0 Å². The highest BCUT2D eigenvalue weighted by Gasteiger charge is 2.21. The summed E-state index contributed by atoms with van der Waals surface area (Å²) < 4.78 is 5.80. The van der Waals surface area contributed by atoms with Gasteiger partial charge in [-0.2, -0.15) is 0 Å². The van der Waals surface area contributed by atoms with Gasteiger partial charge in [-0.15, -0.1) is 12.6 Å². The van der Waals surface area contributed by atoms with Crippen LogP contribution in [0.1, 0.15) is 27.7 Å². The van der Waals surface area contributed by atoms with E-state index < -0.39 is 0 Å². The molecule has 0 spiro atoms. The Morgan fingerprint density at radius 2 is 1.64 bits per heavy atom. The molecule has 14 heavy (non-hydrogen) atoms. The van der Waals surface area contributed by atoms with Crippen LogP contribution in [-0.4, -0.2) is 6.10 Å². The van der Waals surface area contributed by atoms with Crippen LogP contribution in [0, 0.1) is 5.41 Å². The zero-order chi connectivity index (χ0) is 10.8. The Bertz CT molecular complexity index is 284. The normalized spacial score (nSPS) is 13.8. The van der Waals surface area contributed by atoms with Gasteiger partial charge in [0, 0.05) is 4.90 Å². The van der Waals surface area contributed by atoms with E-state index in [1.54, 1.807) is 0 Å². The summed E-state index contributed by atoms with van der Waals surface area (Å²) in [6.07, 6.45) is 0.202. The summed E-state index contributed by atoms with van der Waals surface area (Å²) in [4.78, 5) is 0.959. The molecule has 0 aliphatic rings. The van der Waals surface area contributed by atoms with Crippen molar-refractivity contribution >= 4 is 12.6 Å². The van der Waals surface area contributed by atoms with Gasteiger partial charge < -0.3 is 4.74 Å². The van der Waals surface area contributed by atoms with E-state index in [0.717, 1.165) is 10.6 Å². The second-order valence-corrected chi connectivity index (χ2v) is 5.14. The van der Waals surface area contributed by atoms with Crippen LogP contribution in [0.2, 0.25) is 0 Å². The van der Waals surface area contributed by atoms with Gasteiger partial charge >= 0.3 is 0 Å². The summed E-state index contributed by atoms with van der Waals surface area (Å²) in [6.45, 7) is 8.61. The van der Waals surface area contributed by atoms with Crippen molar-refractivity contribution in [3.8, 4) is 5.75 Å². The van der Waals surface area contributed by atoms with Crippen molar-refractivity contribution in [2.45, 2.75) is 38.7 Å². The largest absolute Gasteiger partial charge is 0.490 e. The molecule has 1 atom stereocenters. The van der Waals surface area contributed by atoms with Crippen molar-refractivity contribution in [2.75, 3.05) is 0 Å². The molecule has 0 aliphatic heterocycles. The van der Waals surface area contributed by atoms with Crippen molar-refractivity contribution in [1.29, 1.82) is 0 Å². The van der Waals surface area contributed by atoms with Crippen LogP contribution in [0.25, 0.3) is 0 Å². The molecule has 0 aliphatic carbocycles. The molecule has 0 saturated heterocycles. The smallest absolute Gasteiger partial charge is 0.119 e. The molecule has 0 heterocycles. The molecule has 0 N–H and O–H groups in total. The number of benzene rings is 1. The molecule has 0 aromatic heterocycles. The summed E-state index contributed by atoms with van der Waals surface area (Å²) >= 11 is 4.22. The van der Waals surface area contributed by atoms with Gasteiger partial charge in [-0.05, 0) is 36.6 Å². The molecule has 0 saturated carbocycles. The zero-order valence-electron chi connectivity index (χ0n) is 9.24. The summed E-state index contributed by atoms with van der Waals surface area (Å²) in [5, 5.41) is 0. The highest BCUT2D eigenvalue weighted by Crippen LogP contribution is 2.24. The van der Waals surface area contributed by atoms with Gasteiger partial charge in [-0.25, -0.2) is 0 Å². The molecule has 0 amide bonds. The predicted octanol–water partition coefficient (Wildman–Crippen LogP) is 3.79.